The Morgan fingerprint density at radius 1 is 1.15 bits per heavy atom. The smallest absolute Gasteiger partial charge is 0.329 e. The van der Waals surface area contributed by atoms with Gasteiger partial charge in [0.2, 0.25) is 0 Å². The van der Waals surface area contributed by atoms with Crippen LogP contribution >= 0.6 is 0 Å². The predicted molar refractivity (Wildman–Crippen MR) is 73.9 cm³/mol. The van der Waals surface area contributed by atoms with E-state index in [1.165, 1.54) is 9.25 Å². The second-order valence-electron chi connectivity index (χ2n) is 4.72. The molecule has 0 saturated heterocycles. The maximum Gasteiger partial charge on any atom is 0.354 e. The van der Waals surface area contributed by atoms with Crippen LogP contribution in [0, 0.1) is 0 Å². The fourth-order valence-electron chi connectivity index (χ4n) is 2.45. The first-order chi connectivity index (χ1) is 9.60. The third-order valence-corrected chi connectivity index (χ3v) is 3.39. The highest BCUT2D eigenvalue weighted by molar-refractivity contribution is 5.85. The largest absolute Gasteiger partial charge is 0.354 e. The van der Waals surface area contributed by atoms with Crippen LogP contribution in [0.25, 0.3) is 16.8 Å². The Balaban J connectivity index is 2.62. The van der Waals surface area contributed by atoms with Crippen molar-refractivity contribution in [1.82, 2.24) is 28.3 Å². The SMILES string of the molecule is CCCn1c(=O)n2c(=O)n(CC)nc2c2c1ncn2C. The summed E-state index contributed by atoms with van der Waals surface area (Å²) < 4.78 is 5.73. The lowest BCUT2D eigenvalue weighted by Gasteiger charge is -2.05. The summed E-state index contributed by atoms with van der Waals surface area (Å²) in [5.41, 5.74) is 0.852. The number of fused-ring (bicyclic) bond motifs is 3. The van der Waals surface area contributed by atoms with Crippen LogP contribution in [0.5, 0.6) is 0 Å². The van der Waals surface area contributed by atoms with Crippen LogP contribution in [0.2, 0.25) is 0 Å². The normalized spacial score (nSPS) is 11.8. The molecule has 0 spiro atoms. The summed E-state index contributed by atoms with van der Waals surface area (Å²) in [4.78, 5) is 29.0. The Kier molecular flexibility index (Phi) is 2.73. The number of imidazole rings is 1. The van der Waals surface area contributed by atoms with E-state index in [1.54, 1.807) is 10.9 Å². The summed E-state index contributed by atoms with van der Waals surface area (Å²) in [6.07, 6.45) is 2.42. The highest BCUT2D eigenvalue weighted by Crippen LogP contribution is 2.14. The minimum atomic E-state index is -0.402. The fourth-order valence-corrected chi connectivity index (χ4v) is 2.45. The van der Waals surface area contributed by atoms with Crippen molar-refractivity contribution in [2.45, 2.75) is 33.4 Å². The van der Waals surface area contributed by atoms with Crippen molar-refractivity contribution >= 4 is 16.8 Å². The van der Waals surface area contributed by atoms with E-state index in [4.69, 9.17) is 0 Å². The van der Waals surface area contributed by atoms with Crippen molar-refractivity contribution in [3.05, 3.63) is 27.3 Å². The van der Waals surface area contributed by atoms with Gasteiger partial charge in [0.05, 0.1) is 6.33 Å². The van der Waals surface area contributed by atoms with Gasteiger partial charge in [0.15, 0.2) is 11.3 Å². The summed E-state index contributed by atoms with van der Waals surface area (Å²) in [6, 6.07) is 0. The zero-order valence-electron chi connectivity index (χ0n) is 11.7. The Hall–Kier alpha value is -2.38. The number of hydrogen-bond acceptors (Lipinski definition) is 4. The molecule has 106 valence electrons. The predicted octanol–water partition coefficient (Wildman–Crippen LogP) is -0.0257. The second kappa shape index (κ2) is 4.32. The van der Waals surface area contributed by atoms with Crippen LogP contribution in [-0.2, 0) is 20.1 Å². The molecule has 3 heterocycles. The molecule has 0 bridgehead atoms. The molecule has 0 amide bonds. The minimum absolute atomic E-state index is 0.365. The van der Waals surface area contributed by atoms with Crippen molar-refractivity contribution in [1.29, 1.82) is 0 Å². The van der Waals surface area contributed by atoms with Crippen LogP contribution < -0.4 is 11.4 Å². The summed E-state index contributed by atoms with van der Waals surface area (Å²) in [5, 5.41) is 4.25. The van der Waals surface area contributed by atoms with Gasteiger partial charge in [0, 0.05) is 20.1 Å². The number of nitrogens with zero attached hydrogens (tertiary/aromatic N) is 6. The van der Waals surface area contributed by atoms with Crippen molar-refractivity contribution in [3.8, 4) is 0 Å². The quantitative estimate of drug-likeness (QED) is 0.673. The lowest BCUT2D eigenvalue weighted by Crippen LogP contribution is -2.35. The molecule has 8 heteroatoms. The van der Waals surface area contributed by atoms with Gasteiger partial charge in [0.1, 0.15) is 5.52 Å². The van der Waals surface area contributed by atoms with Crippen molar-refractivity contribution in [2.75, 3.05) is 0 Å². The van der Waals surface area contributed by atoms with Crippen molar-refractivity contribution in [3.63, 3.8) is 0 Å². The van der Waals surface area contributed by atoms with Crippen molar-refractivity contribution < 1.29 is 0 Å². The van der Waals surface area contributed by atoms with E-state index >= 15 is 0 Å². The van der Waals surface area contributed by atoms with Crippen LogP contribution in [-0.4, -0.2) is 28.3 Å². The molecule has 3 aromatic rings. The van der Waals surface area contributed by atoms with Crippen molar-refractivity contribution in [2.24, 2.45) is 7.05 Å². The first kappa shape index (κ1) is 12.6. The molecule has 0 aliphatic heterocycles. The highest BCUT2D eigenvalue weighted by Gasteiger charge is 2.19. The third kappa shape index (κ3) is 1.47. The van der Waals surface area contributed by atoms with Crippen LogP contribution in [0.1, 0.15) is 20.3 Å². The third-order valence-electron chi connectivity index (χ3n) is 3.39. The van der Waals surface area contributed by atoms with E-state index in [-0.39, 0.29) is 5.69 Å². The molecule has 3 aromatic heterocycles. The van der Waals surface area contributed by atoms with Crippen LogP contribution in [0.4, 0.5) is 0 Å². The lowest BCUT2D eigenvalue weighted by atomic mass is 10.4. The van der Waals surface area contributed by atoms with E-state index in [2.05, 4.69) is 10.1 Å². The minimum Gasteiger partial charge on any atom is -0.329 e. The molecule has 0 aliphatic rings. The molecule has 20 heavy (non-hydrogen) atoms. The lowest BCUT2D eigenvalue weighted by molar-refractivity contribution is 0.616. The number of hydrogen-bond donors (Lipinski definition) is 0. The zero-order valence-corrected chi connectivity index (χ0v) is 11.7. The zero-order chi connectivity index (χ0) is 14.4. The molecular formula is C12H16N6O2. The van der Waals surface area contributed by atoms with E-state index in [9.17, 15) is 9.59 Å². The summed E-state index contributed by atoms with van der Waals surface area (Å²) in [5.74, 6) is 0. The molecule has 0 radical (unpaired) electrons. The summed E-state index contributed by atoms with van der Waals surface area (Å²) in [7, 11) is 1.82. The monoisotopic (exact) mass is 276 g/mol. The Morgan fingerprint density at radius 2 is 1.90 bits per heavy atom. The van der Waals surface area contributed by atoms with Crippen LogP contribution in [0.15, 0.2) is 15.9 Å². The van der Waals surface area contributed by atoms with Gasteiger partial charge in [-0.2, -0.15) is 4.40 Å². The average Bonchev–Trinajstić information content (AvgIpc) is 2.96. The maximum atomic E-state index is 12.5. The second-order valence-corrected chi connectivity index (χ2v) is 4.72. The molecule has 0 N–H and O–H groups in total. The Morgan fingerprint density at radius 3 is 2.55 bits per heavy atom. The number of aryl methyl sites for hydroxylation is 3. The number of aromatic nitrogens is 6. The van der Waals surface area contributed by atoms with E-state index in [0.717, 1.165) is 10.8 Å². The van der Waals surface area contributed by atoms with Crippen LogP contribution in [0.3, 0.4) is 0 Å². The molecule has 0 unspecified atom stereocenters. The van der Waals surface area contributed by atoms with Gasteiger partial charge >= 0.3 is 11.4 Å². The molecule has 0 atom stereocenters. The summed E-state index contributed by atoms with van der Waals surface area (Å²) >= 11 is 0. The first-order valence-electron chi connectivity index (χ1n) is 6.63. The van der Waals surface area contributed by atoms with E-state index in [1.807, 2.05) is 20.9 Å². The van der Waals surface area contributed by atoms with Gasteiger partial charge in [0.25, 0.3) is 0 Å². The van der Waals surface area contributed by atoms with Gasteiger partial charge in [-0.05, 0) is 13.3 Å². The maximum absolute atomic E-state index is 12.5. The molecule has 0 saturated carbocycles. The highest BCUT2D eigenvalue weighted by atomic mass is 16.2. The Bertz CT molecular complexity index is 910. The van der Waals surface area contributed by atoms with Gasteiger partial charge in [-0.3, -0.25) is 4.57 Å². The molecule has 3 rings (SSSR count). The molecule has 0 fully saturated rings. The average molecular weight is 276 g/mol. The molecule has 8 nitrogen and oxygen atoms in total. The van der Waals surface area contributed by atoms with Gasteiger partial charge in [-0.25, -0.2) is 19.3 Å². The van der Waals surface area contributed by atoms with E-state index in [0.29, 0.717) is 29.9 Å². The molecule has 0 aliphatic carbocycles. The van der Waals surface area contributed by atoms with E-state index < -0.39 is 5.69 Å². The topological polar surface area (TPSA) is 79.1 Å². The number of rotatable bonds is 3. The standard InChI is InChI=1S/C12H16N6O2/c1-4-6-16-9-8(15(3)7-13-9)10-14-17(5-2)12(20)18(10)11(16)19/h7H,4-6H2,1-3H3. The van der Waals surface area contributed by atoms with Gasteiger partial charge in [-0.15, -0.1) is 5.10 Å². The van der Waals surface area contributed by atoms with Gasteiger partial charge in [-0.1, -0.05) is 6.92 Å². The summed E-state index contributed by atoms with van der Waals surface area (Å²) in [6.45, 7) is 4.74. The molecule has 0 aromatic carbocycles. The Labute approximate surface area is 113 Å². The van der Waals surface area contributed by atoms with Gasteiger partial charge < -0.3 is 4.57 Å². The first-order valence-corrected chi connectivity index (χ1v) is 6.63. The fraction of sp³-hybridized carbons (Fsp3) is 0.500. The molecular weight excluding hydrogens is 260 g/mol.